The lowest BCUT2D eigenvalue weighted by Crippen LogP contribution is -2.44. The van der Waals surface area contributed by atoms with E-state index >= 15 is 0 Å². The second kappa shape index (κ2) is 9.35. The third kappa shape index (κ3) is 4.61. The number of carboxylic acid groups (broad SMARTS) is 1. The van der Waals surface area contributed by atoms with Crippen molar-refractivity contribution < 1.29 is 23.9 Å². The molecule has 174 valence electrons. The van der Waals surface area contributed by atoms with E-state index in [9.17, 15) is 23.9 Å². The van der Waals surface area contributed by atoms with E-state index in [0.29, 0.717) is 11.3 Å². The maximum atomic E-state index is 13.7. The zero-order chi connectivity index (χ0) is 24.4. The number of carbonyl (C=O) groups excluding carboxylic acids is 2. The van der Waals surface area contributed by atoms with Gasteiger partial charge in [0, 0.05) is 17.8 Å². The Kier molecular flexibility index (Phi) is 6.32. The van der Waals surface area contributed by atoms with Crippen molar-refractivity contribution in [2.45, 2.75) is 26.4 Å². The van der Waals surface area contributed by atoms with E-state index in [1.165, 1.54) is 17.0 Å². The topological polar surface area (TPSA) is 98.7 Å². The summed E-state index contributed by atoms with van der Waals surface area (Å²) >= 11 is 0. The van der Waals surface area contributed by atoms with Gasteiger partial charge in [-0.2, -0.15) is 0 Å². The molecule has 0 aromatic heterocycles. The van der Waals surface area contributed by atoms with E-state index in [0.717, 1.165) is 16.7 Å². The molecule has 4 rings (SSSR count). The van der Waals surface area contributed by atoms with Gasteiger partial charge in [0.15, 0.2) is 0 Å². The van der Waals surface area contributed by atoms with Crippen LogP contribution in [-0.2, 0) is 11.3 Å². The van der Waals surface area contributed by atoms with Crippen LogP contribution in [-0.4, -0.2) is 34.0 Å². The molecule has 34 heavy (non-hydrogen) atoms. The lowest BCUT2D eigenvalue weighted by Gasteiger charge is -2.27. The fourth-order valence-corrected chi connectivity index (χ4v) is 4.12. The molecule has 3 aromatic carbocycles. The van der Waals surface area contributed by atoms with Gasteiger partial charge in [-0.3, -0.25) is 4.79 Å². The number of nitrogens with zero attached hydrogens (tertiary/aromatic N) is 1. The summed E-state index contributed by atoms with van der Waals surface area (Å²) in [6.07, 6.45) is 0. The van der Waals surface area contributed by atoms with E-state index in [-0.39, 0.29) is 24.1 Å². The molecule has 0 spiro atoms. The van der Waals surface area contributed by atoms with E-state index in [1.54, 1.807) is 44.2 Å². The number of carbonyl (C=O) groups is 3. The smallest absolute Gasteiger partial charge is 0.326 e. The second-order valence-electron chi connectivity index (χ2n) is 8.47. The number of nitrogens with one attached hydrogen (secondary N) is 2. The van der Waals surface area contributed by atoms with E-state index in [1.807, 2.05) is 24.3 Å². The van der Waals surface area contributed by atoms with Crippen LogP contribution in [0.4, 0.5) is 20.6 Å². The van der Waals surface area contributed by atoms with Crippen LogP contribution in [0.5, 0.6) is 0 Å². The van der Waals surface area contributed by atoms with Crippen LogP contribution in [0.3, 0.4) is 0 Å². The highest BCUT2D eigenvalue weighted by molar-refractivity contribution is 6.01. The van der Waals surface area contributed by atoms with Crippen molar-refractivity contribution in [2.75, 3.05) is 10.6 Å². The number of anilines is 2. The number of halogens is 1. The molecule has 3 aromatic rings. The molecular formula is C26H24FN3O4. The Morgan fingerprint density at radius 2 is 1.65 bits per heavy atom. The maximum Gasteiger partial charge on any atom is 0.326 e. The Labute approximate surface area is 196 Å². The Bertz CT molecular complexity index is 1260. The van der Waals surface area contributed by atoms with Gasteiger partial charge in [-0.1, -0.05) is 44.2 Å². The molecule has 1 aliphatic heterocycles. The summed E-state index contributed by atoms with van der Waals surface area (Å²) in [5.74, 6) is -2.03. The van der Waals surface area contributed by atoms with Crippen molar-refractivity contribution in [3.63, 3.8) is 0 Å². The van der Waals surface area contributed by atoms with Crippen LogP contribution in [0.25, 0.3) is 11.1 Å². The average Bonchev–Trinajstić information content (AvgIpc) is 3.10. The second-order valence-corrected chi connectivity index (χ2v) is 8.47. The minimum Gasteiger partial charge on any atom is -0.480 e. The van der Waals surface area contributed by atoms with Crippen molar-refractivity contribution >= 4 is 29.3 Å². The number of aliphatic carboxylic acids is 1. The fourth-order valence-electron chi connectivity index (χ4n) is 4.12. The van der Waals surface area contributed by atoms with Crippen LogP contribution in [0.2, 0.25) is 0 Å². The zero-order valence-corrected chi connectivity index (χ0v) is 18.7. The van der Waals surface area contributed by atoms with E-state index in [2.05, 4.69) is 10.6 Å². The third-order valence-electron chi connectivity index (χ3n) is 5.76. The summed E-state index contributed by atoms with van der Waals surface area (Å²) in [6.45, 7) is 3.81. The van der Waals surface area contributed by atoms with Crippen LogP contribution < -0.4 is 10.6 Å². The first-order valence-electron chi connectivity index (χ1n) is 10.8. The summed E-state index contributed by atoms with van der Waals surface area (Å²) in [7, 11) is 0. The van der Waals surface area contributed by atoms with Gasteiger partial charge < -0.3 is 20.6 Å². The molecule has 0 aliphatic carbocycles. The summed E-state index contributed by atoms with van der Waals surface area (Å²) < 4.78 is 13.7. The highest BCUT2D eigenvalue weighted by Crippen LogP contribution is 2.31. The molecule has 1 unspecified atom stereocenters. The number of hydrogen-bond donors (Lipinski definition) is 3. The van der Waals surface area contributed by atoms with Gasteiger partial charge in [0.1, 0.15) is 11.9 Å². The summed E-state index contributed by atoms with van der Waals surface area (Å²) in [5.41, 5.74) is 3.64. The van der Waals surface area contributed by atoms with Crippen molar-refractivity contribution in [3.8, 4) is 11.1 Å². The molecule has 1 aliphatic rings. The van der Waals surface area contributed by atoms with Gasteiger partial charge in [-0.15, -0.1) is 0 Å². The van der Waals surface area contributed by atoms with Gasteiger partial charge in [0.2, 0.25) is 0 Å². The van der Waals surface area contributed by atoms with Crippen molar-refractivity contribution in [1.29, 1.82) is 0 Å². The fraction of sp³-hybridized carbons (Fsp3) is 0.192. The first kappa shape index (κ1) is 23.0. The maximum absolute atomic E-state index is 13.7. The number of fused-ring (bicyclic) bond motifs is 1. The molecule has 0 fully saturated rings. The molecule has 0 saturated heterocycles. The van der Waals surface area contributed by atoms with Crippen molar-refractivity contribution in [1.82, 2.24) is 4.90 Å². The Hall–Kier alpha value is -4.20. The lowest BCUT2D eigenvalue weighted by molar-refractivity contribution is -0.144. The first-order valence-corrected chi connectivity index (χ1v) is 10.8. The third-order valence-corrected chi connectivity index (χ3v) is 5.76. The molecular weight excluding hydrogens is 437 g/mol. The molecule has 8 heteroatoms. The van der Waals surface area contributed by atoms with Crippen molar-refractivity contribution in [2.24, 2.45) is 5.92 Å². The predicted molar refractivity (Wildman–Crippen MR) is 127 cm³/mol. The molecule has 3 amide bonds. The highest BCUT2D eigenvalue weighted by Gasteiger charge is 2.38. The standard InChI is InChI=1S/C26H24FN3O4/c1-15(2)23(25(32)33)30-14-18-13-17(9-12-20(18)24(30)31)16-7-10-19(11-8-16)28-26(34)29-22-6-4-3-5-21(22)27/h3-13,15,23H,14H2,1-2H3,(H,32,33)(H2,28,29,34). The Balaban J connectivity index is 1.47. The number of urea groups is 1. The number of amides is 3. The van der Waals surface area contributed by atoms with E-state index < -0.39 is 23.9 Å². The minimum absolute atomic E-state index is 0.0842. The van der Waals surface area contributed by atoms with Crippen LogP contribution in [0, 0.1) is 11.7 Å². The number of rotatable bonds is 6. The molecule has 0 bridgehead atoms. The minimum atomic E-state index is -1.02. The van der Waals surface area contributed by atoms with Gasteiger partial charge in [0.05, 0.1) is 5.69 Å². The van der Waals surface area contributed by atoms with Crippen LogP contribution in [0.15, 0.2) is 66.7 Å². The van der Waals surface area contributed by atoms with Gasteiger partial charge in [-0.25, -0.2) is 14.0 Å². The number of carboxylic acids is 1. The first-order chi connectivity index (χ1) is 16.2. The van der Waals surface area contributed by atoms with Crippen LogP contribution in [0.1, 0.15) is 29.8 Å². The van der Waals surface area contributed by atoms with Gasteiger partial charge in [-0.05, 0) is 59.0 Å². The molecule has 0 saturated carbocycles. The zero-order valence-electron chi connectivity index (χ0n) is 18.7. The molecule has 7 nitrogen and oxygen atoms in total. The van der Waals surface area contributed by atoms with Crippen LogP contribution >= 0.6 is 0 Å². The summed E-state index contributed by atoms with van der Waals surface area (Å²) in [6, 6.07) is 17.0. The largest absolute Gasteiger partial charge is 0.480 e. The monoisotopic (exact) mass is 461 g/mol. The summed E-state index contributed by atoms with van der Waals surface area (Å²) in [4.78, 5) is 38.0. The average molecular weight is 461 g/mol. The highest BCUT2D eigenvalue weighted by atomic mass is 19.1. The van der Waals surface area contributed by atoms with Gasteiger partial charge in [0.25, 0.3) is 5.91 Å². The Morgan fingerprint density at radius 1 is 0.971 bits per heavy atom. The molecule has 3 N–H and O–H groups in total. The van der Waals surface area contributed by atoms with Gasteiger partial charge >= 0.3 is 12.0 Å². The normalized spacial score (nSPS) is 13.5. The Morgan fingerprint density at radius 3 is 2.29 bits per heavy atom. The number of benzene rings is 3. The molecule has 1 heterocycles. The summed E-state index contributed by atoms with van der Waals surface area (Å²) in [5, 5.41) is 14.7. The lowest BCUT2D eigenvalue weighted by atomic mass is 10.0. The SMILES string of the molecule is CC(C)C(C(=O)O)N1Cc2cc(-c3ccc(NC(=O)Nc4ccccc4F)cc3)ccc2C1=O. The van der Waals surface area contributed by atoms with E-state index in [4.69, 9.17) is 0 Å². The number of hydrogen-bond acceptors (Lipinski definition) is 3. The van der Waals surface area contributed by atoms with Crippen molar-refractivity contribution in [3.05, 3.63) is 83.7 Å². The number of para-hydroxylation sites is 1. The predicted octanol–water partition coefficient (Wildman–Crippen LogP) is 5.20. The molecule has 1 atom stereocenters. The quantitative estimate of drug-likeness (QED) is 0.470. The molecule has 0 radical (unpaired) electrons.